The van der Waals surface area contributed by atoms with E-state index < -0.39 is 23.7 Å². The van der Waals surface area contributed by atoms with Gasteiger partial charge in [-0.3, -0.25) is 0 Å². The number of carbonyl (C=O) groups is 2. The molecular weight excluding hydrogens is 444 g/mol. The molecule has 2 heterocycles. The summed E-state index contributed by atoms with van der Waals surface area (Å²) in [5.74, 6) is 0.113. The third kappa shape index (κ3) is 6.07. The number of aromatic nitrogens is 2. The lowest BCUT2D eigenvalue weighted by Gasteiger charge is -2.35. The average Bonchev–Trinajstić information content (AvgIpc) is 2.85. The largest absolute Gasteiger partial charge is 0.467 e. The Morgan fingerprint density at radius 3 is 2.46 bits per heavy atom. The molecule has 2 aromatic carbocycles. The Bertz CT molecular complexity index is 1200. The first-order chi connectivity index (χ1) is 16.7. The van der Waals surface area contributed by atoms with Crippen LogP contribution in [0.5, 0.6) is 0 Å². The number of nitrogens with one attached hydrogen (secondary N) is 1. The molecule has 1 N–H and O–H groups in total. The number of hydrogen-bond donors (Lipinski definition) is 1. The zero-order chi connectivity index (χ0) is 25.0. The molecule has 1 saturated heterocycles. The molecular formula is C27H32N4O4. The summed E-state index contributed by atoms with van der Waals surface area (Å²) in [5, 5.41) is 5.06. The van der Waals surface area contributed by atoms with Gasteiger partial charge in [0.2, 0.25) is 5.95 Å². The number of carbonyl (C=O) groups excluding carboxylic acids is 2. The predicted octanol–water partition coefficient (Wildman–Crippen LogP) is 4.58. The molecule has 8 heteroatoms. The first-order valence-corrected chi connectivity index (χ1v) is 11.9. The number of fused-ring (bicyclic) bond motifs is 1. The molecule has 4 rings (SSSR count). The molecule has 35 heavy (non-hydrogen) atoms. The topological polar surface area (TPSA) is 93.6 Å². The highest BCUT2D eigenvalue weighted by Gasteiger charge is 2.35. The molecule has 3 aromatic rings. The molecule has 0 spiro atoms. The normalized spacial score (nSPS) is 15.5. The summed E-state index contributed by atoms with van der Waals surface area (Å²) in [6.45, 7) is 6.67. The van der Waals surface area contributed by atoms with Crippen LogP contribution in [-0.4, -0.2) is 53.9 Å². The number of nitrogens with zero attached hydrogens (tertiary/aromatic N) is 3. The minimum atomic E-state index is -0.762. The van der Waals surface area contributed by atoms with E-state index in [1.165, 1.54) is 12.5 Å². The van der Waals surface area contributed by atoms with Gasteiger partial charge in [0.25, 0.3) is 0 Å². The second-order valence-electron chi connectivity index (χ2n) is 9.78. The highest BCUT2D eigenvalue weighted by atomic mass is 16.6. The van der Waals surface area contributed by atoms with Gasteiger partial charge in [-0.15, -0.1) is 0 Å². The Morgan fingerprint density at radius 2 is 1.77 bits per heavy atom. The summed E-state index contributed by atoms with van der Waals surface area (Å²) < 4.78 is 10.3. The van der Waals surface area contributed by atoms with E-state index in [-0.39, 0.29) is 5.92 Å². The minimum absolute atomic E-state index is 0.0742. The van der Waals surface area contributed by atoms with Crippen molar-refractivity contribution >= 4 is 28.8 Å². The maximum Gasteiger partial charge on any atom is 0.408 e. The van der Waals surface area contributed by atoms with Crippen LogP contribution < -0.4 is 10.2 Å². The van der Waals surface area contributed by atoms with Crippen molar-refractivity contribution in [2.45, 2.75) is 45.3 Å². The fraction of sp³-hybridized carbons (Fsp3) is 0.407. The molecule has 1 aliphatic rings. The van der Waals surface area contributed by atoms with Gasteiger partial charge in [-0.1, -0.05) is 36.4 Å². The molecule has 0 radical (unpaired) electrons. The van der Waals surface area contributed by atoms with E-state index in [0.29, 0.717) is 31.9 Å². The van der Waals surface area contributed by atoms with Crippen molar-refractivity contribution < 1.29 is 19.1 Å². The highest BCUT2D eigenvalue weighted by Crippen LogP contribution is 2.27. The predicted molar refractivity (Wildman–Crippen MR) is 135 cm³/mol. The summed E-state index contributed by atoms with van der Waals surface area (Å²) >= 11 is 0. The highest BCUT2D eigenvalue weighted by molar-refractivity contribution is 5.86. The Balaban J connectivity index is 1.44. The van der Waals surface area contributed by atoms with Gasteiger partial charge in [0.05, 0.1) is 12.8 Å². The average molecular weight is 477 g/mol. The van der Waals surface area contributed by atoms with Gasteiger partial charge in [-0.05, 0) is 62.4 Å². The number of anilines is 1. The van der Waals surface area contributed by atoms with Gasteiger partial charge >= 0.3 is 12.1 Å². The van der Waals surface area contributed by atoms with Gasteiger partial charge in [0, 0.05) is 24.8 Å². The molecule has 1 aliphatic heterocycles. The van der Waals surface area contributed by atoms with Crippen molar-refractivity contribution in [3.05, 3.63) is 54.7 Å². The molecule has 184 valence electrons. The Morgan fingerprint density at radius 1 is 1.06 bits per heavy atom. The zero-order valence-electron chi connectivity index (χ0n) is 20.7. The third-order valence-electron chi connectivity index (χ3n) is 6.11. The summed E-state index contributed by atoms with van der Waals surface area (Å²) in [4.78, 5) is 36.2. The number of hydrogen-bond acceptors (Lipinski definition) is 7. The lowest BCUT2D eigenvalue weighted by molar-refractivity contribution is -0.144. The van der Waals surface area contributed by atoms with Crippen molar-refractivity contribution in [1.29, 1.82) is 0 Å². The van der Waals surface area contributed by atoms with Gasteiger partial charge in [0.1, 0.15) is 11.6 Å². The smallest absolute Gasteiger partial charge is 0.408 e. The molecule has 8 nitrogen and oxygen atoms in total. The summed E-state index contributed by atoms with van der Waals surface area (Å²) in [7, 11) is 1.33. The molecule has 1 aromatic heterocycles. The fourth-order valence-electron chi connectivity index (χ4n) is 4.37. The number of piperidine rings is 1. The van der Waals surface area contributed by atoms with Crippen molar-refractivity contribution in [3.63, 3.8) is 0 Å². The molecule has 0 bridgehead atoms. The van der Waals surface area contributed by atoms with Crippen LogP contribution in [0.3, 0.4) is 0 Å². The third-order valence-corrected chi connectivity index (χ3v) is 6.11. The summed E-state index contributed by atoms with van der Waals surface area (Å²) in [5.41, 5.74) is 1.25. The van der Waals surface area contributed by atoms with Crippen molar-refractivity contribution in [2.24, 2.45) is 5.92 Å². The number of esters is 1. The van der Waals surface area contributed by atoms with Crippen LogP contribution in [0, 0.1) is 5.92 Å². The lowest BCUT2D eigenvalue weighted by atomic mass is 9.89. The van der Waals surface area contributed by atoms with Crippen molar-refractivity contribution in [3.8, 4) is 11.3 Å². The van der Waals surface area contributed by atoms with Gasteiger partial charge < -0.3 is 19.7 Å². The maximum absolute atomic E-state index is 12.4. The Kier molecular flexibility index (Phi) is 7.19. The number of rotatable bonds is 5. The molecule has 0 unspecified atom stereocenters. The maximum atomic E-state index is 12.4. The van der Waals surface area contributed by atoms with E-state index in [1.54, 1.807) is 27.0 Å². The van der Waals surface area contributed by atoms with Gasteiger partial charge in [-0.2, -0.15) is 0 Å². The van der Waals surface area contributed by atoms with E-state index in [4.69, 9.17) is 14.5 Å². The molecule has 0 saturated carbocycles. The zero-order valence-corrected chi connectivity index (χ0v) is 20.7. The van der Waals surface area contributed by atoms with Crippen LogP contribution in [0.4, 0.5) is 10.7 Å². The van der Waals surface area contributed by atoms with E-state index in [1.807, 2.05) is 18.2 Å². The van der Waals surface area contributed by atoms with E-state index >= 15 is 0 Å². The van der Waals surface area contributed by atoms with E-state index in [0.717, 1.165) is 16.6 Å². The fourth-order valence-corrected chi connectivity index (χ4v) is 4.37. The van der Waals surface area contributed by atoms with Crippen molar-refractivity contribution in [2.75, 3.05) is 25.1 Å². The number of benzene rings is 2. The summed E-state index contributed by atoms with van der Waals surface area (Å²) in [6.07, 6.45) is 2.51. The molecule has 1 amide bonds. The second kappa shape index (κ2) is 10.3. The van der Waals surface area contributed by atoms with Gasteiger partial charge in [-0.25, -0.2) is 19.6 Å². The second-order valence-corrected chi connectivity index (χ2v) is 9.78. The van der Waals surface area contributed by atoms with Crippen LogP contribution in [0.15, 0.2) is 54.7 Å². The quantitative estimate of drug-likeness (QED) is 0.539. The Hall–Kier alpha value is -3.68. The minimum Gasteiger partial charge on any atom is -0.467 e. The van der Waals surface area contributed by atoms with Crippen LogP contribution in [0.25, 0.3) is 22.0 Å². The first-order valence-electron chi connectivity index (χ1n) is 11.9. The first kappa shape index (κ1) is 24.4. The SMILES string of the molecule is COC(=O)[C@@H](NC(=O)OC(C)(C)C)C1CCN(c2nccc(-c3ccc4ccccc4c3)n2)CC1. The number of alkyl carbamates (subject to hydrolysis) is 1. The van der Waals surface area contributed by atoms with Gasteiger partial charge in [0.15, 0.2) is 0 Å². The standard InChI is InChI=1S/C27H32N4O4/c1-27(2,3)35-26(33)30-23(24(32)34-4)19-12-15-31(16-13-19)25-28-14-11-22(29-25)21-10-9-18-7-5-6-8-20(18)17-21/h5-11,14,17,19,23H,12-13,15-16H2,1-4H3,(H,30,33)/t23-/m0/s1. The number of ether oxygens (including phenoxy) is 2. The number of amides is 1. The molecule has 1 fully saturated rings. The molecule has 0 aliphatic carbocycles. The van der Waals surface area contributed by atoms with Crippen molar-refractivity contribution in [1.82, 2.24) is 15.3 Å². The van der Waals surface area contributed by atoms with Crippen LogP contribution >= 0.6 is 0 Å². The lowest BCUT2D eigenvalue weighted by Crippen LogP contribution is -2.51. The van der Waals surface area contributed by atoms with Crippen LogP contribution in [-0.2, 0) is 14.3 Å². The summed E-state index contributed by atoms with van der Waals surface area (Å²) in [6, 6.07) is 15.7. The van der Waals surface area contributed by atoms with Crippen LogP contribution in [0.1, 0.15) is 33.6 Å². The molecule has 1 atom stereocenters. The number of methoxy groups -OCH3 is 1. The Labute approximate surface area is 205 Å². The monoisotopic (exact) mass is 476 g/mol. The van der Waals surface area contributed by atoms with E-state index in [2.05, 4.69) is 45.5 Å². The van der Waals surface area contributed by atoms with Crippen LogP contribution in [0.2, 0.25) is 0 Å². The van der Waals surface area contributed by atoms with E-state index in [9.17, 15) is 9.59 Å².